The molecule has 0 unspecified atom stereocenters. The predicted octanol–water partition coefficient (Wildman–Crippen LogP) is 14.1. The molecule has 0 saturated carbocycles. The van der Waals surface area contributed by atoms with Gasteiger partial charge in [-0.15, -0.1) is 0 Å². The van der Waals surface area contributed by atoms with E-state index in [-0.39, 0.29) is 5.78 Å². The number of nitrogens with zero attached hydrogens (tertiary/aromatic N) is 1. The van der Waals surface area contributed by atoms with Crippen LogP contribution in [-0.4, -0.2) is 5.78 Å². The molecule has 0 fully saturated rings. The van der Waals surface area contributed by atoms with Gasteiger partial charge in [-0.3, -0.25) is 4.79 Å². The van der Waals surface area contributed by atoms with Crippen molar-refractivity contribution in [3.8, 4) is 0 Å². The van der Waals surface area contributed by atoms with Crippen LogP contribution in [0.25, 0.3) is 65.5 Å². The number of rotatable bonds is 4. The molecule has 11 rings (SSSR count). The van der Waals surface area contributed by atoms with E-state index in [0.29, 0.717) is 0 Å². The molecule has 0 saturated heterocycles. The highest BCUT2D eigenvalue weighted by Crippen LogP contribution is 2.43. The molecular formula is C53H33NO. The van der Waals surface area contributed by atoms with Crippen molar-refractivity contribution in [3.05, 3.63) is 222 Å². The first-order valence-electron chi connectivity index (χ1n) is 18.8. The van der Waals surface area contributed by atoms with Crippen LogP contribution in [0.5, 0.6) is 0 Å². The molecule has 0 heterocycles. The molecule has 0 aliphatic heterocycles. The number of fused-ring (bicyclic) bond motifs is 10. The number of carbonyl (C=O) groups is 1. The monoisotopic (exact) mass is 699 g/mol. The molecule has 0 aromatic heterocycles. The highest BCUT2D eigenvalue weighted by atomic mass is 16.1. The van der Waals surface area contributed by atoms with E-state index in [0.717, 1.165) is 50.5 Å². The van der Waals surface area contributed by atoms with Crippen molar-refractivity contribution in [1.82, 2.24) is 0 Å². The fourth-order valence-corrected chi connectivity index (χ4v) is 8.71. The van der Waals surface area contributed by atoms with E-state index >= 15 is 0 Å². The number of hydrogen-bond acceptors (Lipinski definition) is 2. The Morgan fingerprint density at radius 2 is 0.745 bits per heavy atom. The molecule has 10 aromatic rings. The van der Waals surface area contributed by atoms with Gasteiger partial charge in [0.15, 0.2) is 5.78 Å². The molecule has 0 spiro atoms. The first kappa shape index (κ1) is 31.3. The summed E-state index contributed by atoms with van der Waals surface area (Å²) < 4.78 is 0. The van der Waals surface area contributed by atoms with E-state index in [2.05, 4.69) is 169 Å². The SMILES string of the molecule is O=C1c2ccccc2C(=Cc2ccc3c4ccc(N(c5ccc6ccccc6c5)c5ccc6ccccc6c5)cc4c4ccccc4c3c2)c2ccccc21. The molecule has 0 atom stereocenters. The normalized spacial score (nSPS) is 12.4. The molecule has 10 aromatic carbocycles. The average Bonchev–Trinajstić information content (AvgIpc) is 3.25. The van der Waals surface area contributed by atoms with E-state index in [1.807, 2.05) is 36.4 Å². The van der Waals surface area contributed by atoms with Crippen molar-refractivity contribution in [2.24, 2.45) is 0 Å². The summed E-state index contributed by atoms with van der Waals surface area (Å²) in [4.78, 5) is 15.8. The minimum Gasteiger partial charge on any atom is -0.310 e. The molecule has 0 radical (unpaired) electrons. The average molecular weight is 700 g/mol. The summed E-state index contributed by atoms with van der Waals surface area (Å²) in [5, 5.41) is 12.1. The molecule has 2 heteroatoms. The van der Waals surface area contributed by atoms with Crippen LogP contribution >= 0.6 is 0 Å². The lowest BCUT2D eigenvalue weighted by Crippen LogP contribution is -2.14. The third kappa shape index (κ3) is 5.07. The maximum atomic E-state index is 13.5. The molecular weight excluding hydrogens is 667 g/mol. The lowest BCUT2D eigenvalue weighted by atomic mass is 9.80. The highest BCUT2D eigenvalue weighted by molar-refractivity contribution is 6.26. The van der Waals surface area contributed by atoms with Gasteiger partial charge in [-0.2, -0.15) is 0 Å². The summed E-state index contributed by atoms with van der Waals surface area (Å²) in [7, 11) is 0. The fourth-order valence-electron chi connectivity index (χ4n) is 8.71. The van der Waals surface area contributed by atoms with Crippen LogP contribution in [0.3, 0.4) is 0 Å². The Balaban J connectivity index is 1.11. The van der Waals surface area contributed by atoms with Gasteiger partial charge in [0.05, 0.1) is 0 Å². The predicted molar refractivity (Wildman–Crippen MR) is 232 cm³/mol. The smallest absolute Gasteiger partial charge is 0.194 e. The van der Waals surface area contributed by atoms with Crippen LogP contribution in [0.4, 0.5) is 17.1 Å². The van der Waals surface area contributed by atoms with Crippen molar-refractivity contribution in [2.75, 3.05) is 4.90 Å². The minimum absolute atomic E-state index is 0.0819. The first-order chi connectivity index (χ1) is 27.2. The van der Waals surface area contributed by atoms with Crippen LogP contribution in [0.1, 0.15) is 32.6 Å². The molecule has 0 N–H and O–H groups in total. The Bertz CT molecular complexity index is 3090. The summed E-state index contributed by atoms with van der Waals surface area (Å²) >= 11 is 0. The van der Waals surface area contributed by atoms with Gasteiger partial charge in [0, 0.05) is 28.2 Å². The van der Waals surface area contributed by atoms with Crippen molar-refractivity contribution in [1.29, 1.82) is 0 Å². The highest BCUT2D eigenvalue weighted by Gasteiger charge is 2.26. The van der Waals surface area contributed by atoms with Gasteiger partial charge in [-0.25, -0.2) is 0 Å². The van der Waals surface area contributed by atoms with Crippen molar-refractivity contribution in [2.45, 2.75) is 0 Å². The van der Waals surface area contributed by atoms with Gasteiger partial charge >= 0.3 is 0 Å². The third-order valence-electron chi connectivity index (χ3n) is 11.3. The molecule has 256 valence electrons. The summed E-state index contributed by atoms with van der Waals surface area (Å²) in [6.07, 6.45) is 2.25. The number of carbonyl (C=O) groups excluding carboxylic acids is 1. The second-order valence-corrected chi connectivity index (χ2v) is 14.5. The van der Waals surface area contributed by atoms with Gasteiger partial charge in [0.25, 0.3) is 0 Å². The minimum atomic E-state index is 0.0819. The van der Waals surface area contributed by atoms with Crippen LogP contribution in [-0.2, 0) is 0 Å². The van der Waals surface area contributed by atoms with Gasteiger partial charge in [0.1, 0.15) is 0 Å². The second-order valence-electron chi connectivity index (χ2n) is 14.5. The zero-order valence-corrected chi connectivity index (χ0v) is 29.9. The lowest BCUT2D eigenvalue weighted by molar-refractivity contribution is 0.103. The molecule has 55 heavy (non-hydrogen) atoms. The quantitative estimate of drug-likeness (QED) is 0.170. The van der Waals surface area contributed by atoms with E-state index in [1.54, 1.807) is 0 Å². The molecule has 1 aliphatic rings. The Labute approximate surface area is 318 Å². The summed E-state index contributed by atoms with van der Waals surface area (Å²) in [6, 6.07) is 69.1. The van der Waals surface area contributed by atoms with Gasteiger partial charge in [0.2, 0.25) is 0 Å². The van der Waals surface area contributed by atoms with Gasteiger partial charge < -0.3 is 4.90 Å². The summed E-state index contributed by atoms with van der Waals surface area (Å²) in [5.74, 6) is 0.0819. The van der Waals surface area contributed by atoms with E-state index in [9.17, 15) is 4.79 Å². The molecule has 0 bridgehead atoms. The number of benzene rings is 10. The van der Waals surface area contributed by atoms with E-state index in [1.165, 1.54) is 53.9 Å². The Kier molecular flexibility index (Phi) is 7.05. The molecule has 2 nitrogen and oxygen atoms in total. The molecule has 0 amide bonds. The maximum absolute atomic E-state index is 13.5. The molecule has 1 aliphatic carbocycles. The van der Waals surface area contributed by atoms with Crippen LogP contribution < -0.4 is 4.90 Å². The first-order valence-corrected chi connectivity index (χ1v) is 18.8. The fraction of sp³-hybridized carbons (Fsp3) is 0. The van der Waals surface area contributed by atoms with Crippen molar-refractivity contribution in [3.63, 3.8) is 0 Å². The number of ketones is 1. The topological polar surface area (TPSA) is 20.3 Å². The van der Waals surface area contributed by atoms with Crippen LogP contribution in [0.15, 0.2) is 194 Å². The zero-order chi connectivity index (χ0) is 36.5. The van der Waals surface area contributed by atoms with Crippen molar-refractivity contribution >= 4 is 88.4 Å². The Morgan fingerprint density at radius 3 is 1.33 bits per heavy atom. The van der Waals surface area contributed by atoms with E-state index < -0.39 is 0 Å². The zero-order valence-electron chi connectivity index (χ0n) is 29.9. The number of anilines is 3. The summed E-state index contributed by atoms with van der Waals surface area (Å²) in [5.41, 5.74) is 8.96. The van der Waals surface area contributed by atoms with Crippen LogP contribution in [0, 0.1) is 0 Å². The maximum Gasteiger partial charge on any atom is 0.194 e. The summed E-state index contributed by atoms with van der Waals surface area (Å²) in [6.45, 7) is 0. The largest absolute Gasteiger partial charge is 0.310 e. The Morgan fingerprint density at radius 1 is 0.327 bits per heavy atom. The van der Waals surface area contributed by atoms with Crippen LogP contribution in [0.2, 0.25) is 0 Å². The van der Waals surface area contributed by atoms with E-state index in [4.69, 9.17) is 0 Å². The second kappa shape index (κ2) is 12.4. The van der Waals surface area contributed by atoms with Crippen molar-refractivity contribution < 1.29 is 4.79 Å². The van der Waals surface area contributed by atoms with Gasteiger partial charge in [-0.05, 0) is 125 Å². The van der Waals surface area contributed by atoms with Gasteiger partial charge in [-0.1, -0.05) is 152 Å². The standard InChI is InChI=1S/C53H33NO/c55-53-48-19-9-7-17-44(48)51(45-18-8-10-20-49(45)53)30-34-21-27-46-47-28-26-41(33-52(47)43-16-6-5-15-42(43)50(46)29-34)54(39-24-22-35-11-1-3-13-37(35)31-39)40-25-23-36-12-2-4-14-38(36)32-40/h1-33H. The Hall–Kier alpha value is -7.29. The number of hydrogen-bond donors (Lipinski definition) is 0. The lowest BCUT2D eigenvalue weighted by Gasteiger charge is -2.27. The third-order valence-corrected chi connectivity index (χ3v) is 11.3.